The topological polar surface area (TPSA) is 69.9 Å². The number of methoxy groups -OCH3 is 1. The van der Waals surface area contributed by atoms with E-state index >= 15 is 0 Å². The Balaban J connectivity index is 0.000000272. The van der Waals surface area contributed by atoms with Gasteiger partial charge in [-0.25, -0.2) is 0 Å². The van der Waals surface area contributed by atoms with E-state index in [2.05, 4.69) is 0 Å². The molecule has 0 saturated heterocycles. The average molecular weight is 355 g/mol. The second kappa shape index (κ2) is 12.6. The van der Waals surface area contributed by atoms with Gasteiger partial charge in [0.05, 0.1) is 6.61 Å². The molecule has 24 heavy (non-hydrogen) atoms. The minimum absolute atomic E-state index is 0.0206. The molecule has 0 heterocycles. The van der Waals surface area contributed by atoms with E-state index in [1.54, 1.807) is 7.11 Å². The fourth-order valence-corrected chi connectivity index (χ4v) is 4.91. The zero-order valence-electron chi connectivity index (χ0n) is 15.0. The number of aliphatic hydroxyl groups excluding tert-OH is 3. The maximum absolute atomic E-state index is 9.25. The van der Waals surface area contributed by atoms with Gasteiger partial charge in [0.25, 0.3) is 0 Å². The van der Waals surface area contributed by atoms with Crippen molar-refractivity contribution in [2.75, 3.05) is 25.8 Å². The summed E-state index contributed by atoms with van der Waals surface area (Å²) in [5.41, 5.74) is 1.22. The molecule has 1 aromatic rings. The van der Waals surface area contributed by atoms with Crippen LogP contribution in [-0.4, -0.2) is 49.2 Å². The van der Waals surface area contributed by atoms with Gasteiger partial charge in [-0.3, -0.25) is 0 Å². The number of hydrogen-bond acceptors (Lipinski definition) is 4. The van der Waals surface area contributed by atoms with Crippen molar-refractivity contribution in [1.29, 1.82) is 0 Å². The summed E-state index contributed by atoms with van der Waals surface area (Å²) >= 11 is 0. The highest BCUT2D eigenvalue weighted by molar-refractivity contribution is 6.79. The average Bonchev–Trinajstić information content (AvgIpc) is 2.66. The molecule has 0 aliphatic heterocycles. The maximum atomic E-state index is 9.25. The number of benzene rings is 1. The summed E-state index contributed by atoms with van der Waals surface area (Å²) in [5.74, 6) is 0.773. The van der Waals surface area contributed by atoms with E-state index in [9.17, 15) is 15.3 Å². The van der Waals surface area contributed by atoms with Crippen LogP contribution in [-0.2, 0) is 11.3 Å². The third kappa shape index (κ3) is 7.90. The molecule has 1 aromatic carbocycles. The minimum atomic E-state index is -2.13. The third-order valence-corrected chi connectivity index (χ3v) is 8.33. The van der Waals surface area contributed by atoms with Crippen LogP contribution in [0.4, 0.5) is 0 Å². The van der Waals surface area contributed by atoms with Crippen LogP contribution in [0.15, 0.2) is 30.3 Å². The Morgan fingerprint density at radius 1 is 0.958 bits per heavy atom. The highest BCUT2D eigenvalue weighted by Gasteiger charge is 2.32. The van der Waals surface area contributed by atoms with Crippen molar-refractivity contribution in [3.63, 3.8) is 0 Å². The molecular formula is C19H34O4Si. The monoisotopic (exact) mass is 354 g/mol. The molecule has 0 atom stereocenters. The largest absolute Gasteiger partial charge is 0.399 e. The SMILES string of the molecule is COCc1ccccc1.OC[Si](CO)(CO)CCC1CCCCC1. The zero-order chi connectivity index (χ0) is 17.7. The predicted octanol–water partition coefficient (Wildman–Crippen LogP) is 2.83. The second-order valence-corrected chi connectivity index (χ2v) is 11.4. The number of aliphatic hydroxyl groups is 3. The molecular weight excluding hydrogens is 320 g/mol. The first kappa shape index (κ1) is 21.3. The Bertz CT molecular complexity index is 395. The van der Waals surface area contributed by atoms with Crippen molar-refractivity contribution < 1.29 is 20.1 Å². The van der Waals surface area contributed by atoms with Crippen LogP contribution in [0.1, 0.15) is 44.1 Å². The first-order valence-corrected chi connectivity index (χ1v) is 11.9. The van der Waals surface area contributed by atoms with Gasteiger partial charge in [0, 0.05) is 25.8 Å². The van der Waals surface area contributed by atoms with E-state index in [0.29, 0.717) is 6.61 Å². The van der Waals surface area contributed by atoms with Crippen molar-refractivity contribution in [2.45, 2.75) is 51.2 Å². The van der Waals surface area contributed by atoms with Crippen molar-refractivity contribution >= 4 is 8.07 Å². The van der Waals surface area contributed by atoms with E-state index in [4.69, 9.17) is 4.74 Å². The van der Waals surface area contributed by atoms with Crippen LogP contribution in [0.25, 0.3) is 0 Å². The molecule has 1 aliphatic carbocycles. The highest BCUT2D eigenvalue weighted by atomic mass is 28.3. The van der Waals surface area contributed by atoms with Crippen LogP contribution in [0, 0.1) is 5.92 Å². The van der Waals surface area contributed by atoms with Crippen molar-refractivity contribution in [3.05, 3.63) is 35.9 Å². The van der Waals surface area contributed by atoms with Gasteiger partial charge in [0.1, 0.15) is 8.07 Å². The Hall–Kier alpha value is -0.723. The second-order valence-electron chi connectivity index (χ2n) is 6.94. The molecule has 0 unspecified atom stereocenters. The lowest BCUT2D eigenvalue weighted by molar-refractivity contribution is 0.185. The maximum Gasteiger partial charge on any atom is 0.139 e. The van der Waals surface area contributed by atoms with Gasteiger partial charge < -0.3 is 20.1 Å². The molecule has 3 N–H and O–H groups in total. The smallest absolute Gasteiger partial charge is 0.139 e. The van der Waals surface area contributed by atoms with E-state index in [1.165, 1.54) is 37.7 Å². The number of ether oxygens (including phenoxy) is 1. The molecule has 0 bridgehead atoms. The van der Waals surface area contributed by atoms with Gasteiger partial charge >= 0.3 is 0 Å². The van der Waals surface area contributed by atoms with E-state index < -0.39 is 8.07 Å². The Morgan fingerprint density at radius 3 is 2.04 bits per heavy atom. The molecule has 0 spiro atoms. The van der Waals surface area contributed by atoms with E-state index in [-0.39, 0.29) is 18.7 Å². The number of hydrogen-bond donors (Lipinski definition) is 3. The summed E-state index contributed by atoms with van der Waals surface area (Å²) in [6.07, 6.45) is 7.77. The van der Waals surface area contributed by atoms with E-state index in [0.717, 1.165) is 18.4 Å². The highest BCUT2D eigenvalue weighted by Crippen LogP contribution is 2.29. The first-order valence-electron chi connectivity index (χ1n) is 9.05. The molecule has 0 radical (unpaired) electrons. The van der Waals surface area contributed by atoms with Gasteiger partial charge in [0.15, 0.2) is 0 Å². The van der Waals surface area contributed by atoms with Crippen LogP contribution in [0.5, 0.6) is 0 Å². The molecule has 5 heteroatoms. The van der Waals surface area contributed by atoms with E-state index in [1.807, 2.05) is 30.3 Å². The summed E-state index contributed by atoms with van der Waals surface area (Å²) < 4.78 is 4.93. The van der Waals surface area contributed by atoms with Gasteiger partial charge in [-0.2, -0.15) is 0 Å². The predicted molar refractivity (Wildman–Crippen MR) is 100 cm³/mol. The summed E-state index contributed by atoms with van der Waals surface area (Å²) in [7, 11) is -0.433. The van der Waals surface area contributed by atoms with Crippen LogP contribution < -0.4 is 0 Å². The quantitative estimate of drug-likeness (QED) is 0.628. The summed E-state index contributed by atoms with van der Waals surface area (Å²) in [5, 5.41) is 27.7. The molecule has 1 aliphatic rings. The normalized spacial score (nSPS) is 15.7. The Kier molecular flexibility index (Phi) is 11.2. The third-order valence-electron chi connectivity index (χ3n) is 4.97. The molecule has 1 saturated carbocycles. The van der Waals surface area contributed by atoms with Crippen molar-refractivity contribution in [1.82, 2.24) is 0 Å². The lowest BCUT2D eigenvalue weighted by Gasteiger charge is -2.28. The molecule has 1 fully saturated rings. The lowest BCUT2D eigenvalue weighted by Crippen LogP contribution is -2.48. The van der Waals surface area contributed by atoms with Crippen LogP contribution in [0.2, 0.25) is 6.04 Å². The molecule has 0 amide bonds. The van der Waals surface area contributed by atoms with Crippen LogP contribution >= 0.6 is 0 Å². The Labute approximate surface area is 147 Å². The fraction of sp³-hybridized carbons (Fsp3) is 0.684. The van der Waals surface area contributed by atoms with Gasteiger partial charge in [0.2, 0.25) is 0 Å². The standard InChI is InChI=1S/C11H24O3Si.C8H10O/c12-8-15(9-13,10-14)7-6-11-4-2-1-3-5-11;1-9-7-8-5-3-2-4-6-8/h11-14H,1-10H2;2-6H,7H2,1H3. The summed E-state index contributed by atoms with van der Waals surface area (Å²) in [6, 6.07) is 11.0. The van der Waals surface area contributed by atoms with Gasteiger partial charge in [-0.15, -0.1) is 0 Å². The fourth-order valence-electron chi connectivity index (χ4n) is 3.11. The van der Waals surface area contributed by atoms with Crippen LogP contribution in [0.3, 0.4) is 0 Å². The van der Waals surface area contributed by atoms with Gasteiger partial charge in [-0.05, 0) is 11.5 Å². The molecule has 138 valence electrons. The Morgan fingerprint density at radius 2 is 1.54 bits per heavy atom. The summed E-state index contributed by atoms with van der Waals surface area (Å²) in [6.45, 7) is 0.709. The molecule has 4 nitrogen and oxygen atoms in total. The summed E-state index contributed by atoms with van der Waals surface area (Å²) in [4.78, 5) is 0. The zero-order valence-corrected chi connectivity index (χ0v) is 16.0. The number of rotatable bonds is 8. The van der Waals surface area contributed by atoms with Crippen molar-refractivity contribution in [2.24, 2.45) is 5.92 Å². The molecule has 2 rings (SSSR count). The minimum Gasteiger partial charge on any atom is -0.399 e. The molecule has 0 aromatic heterocycles. The lowest BCUT2D eigenvalue weighted by atomic mass is 9.88. The van der Waals surface area contributed by atoms with Crippen molar-refractivity contribution in [3.8, 4) is 0 Å². The first-order chi connectivity index (χ1) is 11.7. The van der Waals surface area contributed by atoms with Gasteiger partial charge in [-0.1, -0.05) is 74.9 Å².